The van der Waals surface area contributed by atoms with Crippen LogP contribution in [0.4, 0.5) is 0 Å². The Bertz CT molecular complexity index is 600. The number of hydrogen-bond acceptors (Lipinski definition) is 7. The molecule has 3 fully saturated rings. The fourth-order valence-electron chi connectivity index (χ4n) is 5.92. The van der Waals surface area contributed by atoms with E-state index in [1.807, 2.05) is 0 Å². The van der Waals surface area contributed by atoms with Crippen molar-refractivity contribution in [2.24, 2.45) is 17.8 Å². The third-order valence-corrected chi connectivity index (χ3v) is 8.12. The van der Waals surface area contributed by atoms with Crippen molar-refractivity contribution >= 4 is 5.97 Å². The quantitative estimate of drug-likeness (QED) is 0.0925. The molecule has 0 bridgehead atoms. The normalized spacial score (nSPS) is 31.4. The summed E-state index contributed by atoms with van der Waals surface area (Å²) in [7, 11) is 0. The van der Waals surface area contributed by atoms with Crippen LogP contribution >= 0.6 is 0 Å². The first-order valence-corrected chi connectivity index (χ1v) is 13.6. The van der Waals surface area contributed by atoms with Crippen LogP contribution in [0.2, 0.25) is 0 Å². The lowest BCUT2D eigenvalue weighted by atomic mass is 9.72. The Labute approximate surface area is 211 Å². The topological polar surface area (TPSA) is 72.5 Å². The number of carbonyl (C=O) groups is 1. The molecule has 35 heavy (non-hydrogen) atoms. The number of esters is 1. The third kappa shape index (κ3) is 10.6. The fraction of sp³-hybridized carbons (Fsp3) is 0.821. The van der Waals surface area contributed by atoms with E-state index in [1.54, 1.807) is 0 Å². The third-order valence-electron chi connectivity index (χ3n) is 8.12. The van der Waals surface area contributed by atoms with E-state index in [9.17, 15) is 4.79 Å². The van der Waals surface area contributed by atoms with Crippen molar-refractivity contribution in [2.45, 2.75) is 102 Å². The SMILES string of the molecule is C=COCOCCC1CCC(OCOC2CCC(C3CCC(OCOC(=O)C=C)CC3)CC2)CC1. The molecule has 7 heteroatoms. The maximum absolute atomic E-state index is 11.1. The Kier molecular flexibility index (Phi) is 13.2. The Balaban J connectivity index is 1.18. The minimum Gasteiger partial charge on any atom is -0.476 e. The highest BCUT2D eigenvalue weighted by Gasteiger charge is 2.31. The summed E-state index contributed by atoms with van der Waals surface area (Å²) in [6, 6.07) is 0. The summed E-state index contributed by atoms with van der Waals surface area (Å²) in [6.45, 7) is 8.42. The van der Waals surface area contributed by atoms with E-state index in [4.69, 9.17) is 28.4 Å². The summed E-state index contributed by atoms with van der Waals surface area (Å²) >= 11 is 0. The van der Waals surface area contributed by atoms with Crippen molar-refractivity contribution in [2.75, 3.05) is 27.0 Å². The van der Waals surface area contributed by atoms with Gasteiger partial charge in [0.2, 0.25) is 0 Å². The zero-order valence-electron chi connectivity index (χ0n) is 21.4. The van der Waals surface area contributed by atoms with Crippen LogP contribution in [0.15, 0.2) is 25.5 Å². The molecule has 0 aliphatic heterocycles. The monoisotopic (exact) mass is 494 g/mol. The molecule has 3 aliphatic carbocycles. The van der Waals surface area contributed by atoms with Crippen LogP contribution in [0, 0.1) is 17.8 Å². The van der Waals surface area contributed by atoms with Gasteiger partial charge in [0.15, 0.2) is 13.6 Å². The maximum Gasteiger partial charge on any atom is 0.332 e. The van der Waals surface area contributed by atoms with Gasteiger partial charge in [0.05, 0.1) is 31.2 Å². The van der Waals surface area contributed by atoms with Gasteiger partial charge in [-0.3, -0.25) is 0 Å². The van der Waals surface area contributed by atoms with Crippen molar-refractivity contribution < 1.29 is 33.2 Å². The van der Waals surface area contributed by atoms with E-state index >= 15 is 0 Å². The molecule has 0 N–H and O–H groups in total. The highest BCUT2D eigenvalue weighted by Crippen LogP contribution is 2.39. The summed E-state index contributed by atoms with van der Waals surface area (Å²) in [6.07, 6.45) is 18.5. The van der Waals surface area contributed by atoms with Gasteiger partial charge in [-0.1, -0.05) is 13.2 Å². The van der Waals surface area contributed by atoms with Crippen LogP contribution in [0.3, 0.4) is 0 Å². The lowest BCUT2D eigenvalue weighted by Crippen LogP contribution is -2.31. The van der Waals surface area contributed by atoms with Crippen LogP contribution in [0.5, 0.6) is 0 Å². The van der Waals surface area contributed by atoms with Crippen LogP contribution in [-0.4, -0.2) is 51.3 Å². The molecule has 3 aliphatic rings. The first-order valence-electron chi connectivity index (χ1n) is 13.6. The minimum atomic E-state index is -0.428. The highest BCUT2D eigenvalue weighted by molar-refractivity contribution is 5.81. The maximum atomic E-state index is 11.1. The van der Waals surface area contributed by atoms with E-state index in [1.165, 1.54) is 50.9 Å². The highest BCUT2D eigenvalue weighted by atomic mass is 16.7. The van der Waals surface area contributed by atoms with E-state index in [2.05, 4.69) is 13.2 Å². The molecule has 0 heterocycles. The standard InChI is InChI=1S/C28H46O7/c1-3-28(29)35-21-34-27-15-9-24(10-16-27)23-7-13-26(14-8-23)33-20-32-25-11-5-22(6-12-25)17-18-31-19-30-4-2/h3-4,22-27H,1-2,5-21H2. The number of carbonyl (C=O) groups excluding carboxylic acids is 1. The van der Waals surface area contributed by atoms with Crippen LogP contribution in [0.1, 0.15) is 83.5 Å². The molecule has 0 saturated heterocycles. The predicted octanol–water partition coefficient (Wildman–Crippen LogP) is 5.88. The minimum absolute atomic E-state index is 0.0351. The van der Waals surface area contributed by atoms with E-state index in [-0.39, 0.29) is 12.9 Å². The van der Waals surface area contributed by atoms with Gasteiger partial charge in [-0.15, -0.1) is 0 Å². The second kappa shape index (κ2) is 16.4. The van der Waals surface area contributed by atoms with Gasteiger partial charge in [-0.25, -0.2) is 4.79 Å². The van der Waals surface area contributed by atoms with Crippen LogP contribution in [-0.2, 0) is 33.2 Å². The number of ether oxygens (including phenoxy) is 6. The van der Waals surface area contributed by atoms with Gasteiger partial charge in [0, 0.05) is 6.08 Å². The smallest absolute Gasteiger partial charge is 0.332 e. The Morgan fingerprint density at radius 2 is 1.20 bits per heavy atom. The summed E-state index contributed by atoms with van der Waals surface area (Å²) in [5.74, 6) is 1.89. The summed E-state index contributed by atoms with van der Waals surface area (Å²) in [5, 5.41) is 0. The molecule has 0 aromatic heterocycles. The van der Waals surface area contributed by atoms with E-state index < -0.39 is 5.97 Å². The molecule has 0 atom stereocenters. The first-order chi connectivity index (χ1) is 17.2. The van der Waals surface area contributed by atoms with Crippen molar-refractivity contribution in [3.8, 4) is 0 Å². The molecule has 0 aromatic rings. The second-order valence-corrected chi connectivity index (χ2v) is 10.3. The summed E-state index contributed by atoms with van der Waals surface area (Å²) in [5.41, 5.74) is 0. The Morgan fingerprint density at radius 1 is 0.686 bits per heavy atom. The first kappa shape index (κ1) is 28.2. The molecule has 0 spiro atoms. The van der Waals surface area contributed by atoms with Gasteiger partial charge >= 0.3 is 5.97 Å². The van der Waals surface area contributed by atoms with Gasteiger partial charge in [0.1, 0.15) is 6.79 Å². The average molecular weight is 495 g/mol. The lowest BCUT2D eigenvalue weighted by molar-refractivity contribution is -0.157. The Hall–Kier alpha value is -1.41. The van der Waals surface area contributed by atoms with E-state index in [0.29, 0.717) is 25.8 Å². The summed E-state index contributed by atoms with van der Waals surface area (Å²) < 4.78 is 33.2. The molecular formula is C28H46O7. The van der Waals surface area contributed by atoms with Gasteiger partial charge in [-0.05, 0) is 101 Å². The zero-order valence-corrected chi connectivity index (χ0v) is 21.4. The van der Waals surface area contributed by atoms with Crippen LogP contribution < -0.4 is 0 Å². The molecule has 7 nitrogen and oxygen atoms in total. The van der Waals surface area contributed by atoms with Crippen molar-refractivity contribution in [3.05, 3.63) is 25.5 Å². The predicted molar refractivity (Wildman–Crippen MR) is 133 cm³/mol. The van der Waals surface area contributed by atoms with Gasteiger partial charge < -0.3 is 28.4 Å². The molecule has 200 valence electrons. The molecular weight excluding hydrogens is 448 g/mol. The molecule has 0 amide bonds. The van der Waals surface area contributed by atoms with Gasteiger partial charge in [0.25, 0.3) is 0 Å². The largest absolute Gasteiger partial charge is 0.476 e. The summed E-state index contributed by atoms with van der Waals surface area (Å²) in [4.78, 5) is 11.1. The van der Waals surface area contributed by atoms with Crippen molar-refractivity contribution in [1.82, 2.24) is 0 Å². The molecule has 0 radical (unpaired) electrons. The fourth-order valence-corrected chi connectivity index (χ4v) is 5.92. The number of hydrogen-bond donors (Lipinski definition) is 0. The molecule has 3 rings (SSSR count). The van der Waals surface area contributed by atoms with E-state index in [0.717, 1.165) is 69.3 Å². The van der Waals surface area contributed by atoms with Crippen molar-refractivity contribution in [3.63, 3.8) is 0 Å². The zero-order chi connectivity index (χ0) is 24.7. The molecule has 0 aromatic carbocycles. The van der Waals surface area contributed by atoms with Crippen LogP contribution in [0.25, 0.3) is 0 Å². The average Bonchev–Trinajstić information content (AvgIpc) is 2.90. The molecule has 0 unspecified atom stereocenters. The van der Waals surface area contributed by atoms with Crippen molar-refractivity contribution in [1.29, 1.82) is 0 Å². The number of rotatable bonds is 15. The Morgan fingerprint density at radius 3 is 1.71 bits per heavy atom. The van der Waals surface area contributed by atoms with Gasteiger partial charge in [-0.2, -0.15) is 0 Å². The lowest BCUT2D eigenvalue weighted by Gasteiger charge is -2.37. The molecule has 3 saturated carbocycles. The second-order valence-electron chi connectivity index (χ2n) is 10.3.